The first kappa shape index (κ1) is 17.2. The molecule has 1 aliphatic carbocycles. The summed E-state index contributed by atoms with van der Waals surface area (Å²) < 4.78 is 1.75. The lowest BCUT2D eigenvalue weighted by Crippen LogP contribution is -2.40. The smallest absolute Gasteiger partial charge is 0.252 e. The Morgan fingerprint density at radius 1 is 1.46 bits per heavy atom. The van der Waals surface area contributed by atoms with E-state index >= 15 is 0 Å². The molecule has 0 radical (unpaired) electrons. The summed E-state index contributed by atoms with van der Waals surface area (Å²) in [4.78, 5) is 18.9. The average molecular weight is 369 g/mol. The lowest BCUT2D eigenvalue weighted by Gasteiger charge is -2.20. The normalized spacial score (nSPS) is 20.0. The van der Waals surface area contributed by atoms with Crippen LogP contribution in [0.1, 0.15) is 35.3 Å². The number of nitrogens with two attached hydrogens (primary N) is 1. The van der Waals surface area contributed by atoms with Crippen molar-refractivity contribution in [3.8, 4) is 10.6 Å². The van der Waals surface area contributed by atoms with Crippen molar-refractivity contribution in [2.24, 2.45) is 18.7 Å². The van der Waals surface area contributed by atoms with Crippen molar-refractivity contribution in [1.29, 1.82) is 0 Å². The number of thiophene rings is 1. The predicted octanol–water partition coefficient (Wildman–Crippen LogP) is 2.86. The van der Waals surface area contributed by atoms with E-state index in [1.165, 1.54) is 0 Å². The Kier molecular flexibility index (Phi) is 4.50. The van der Waals surface area contributed by atoms with Gasteiger partial charge >= 0.3 is 0 Å². The Labute approximate surface area is 156 Å². The van der Waals surface area contributed by atoms with Crippen LogP contribution in [0.25, 0.3) is 21.6 Å². The summed E-state index contributed by atoms with van der Waals surface area (Å²) in [6.45, 7) is 2.53. The van der Waals surface area contributed by atoms with Crippen LogP contribution in [-0.2, 0) is 7.05 Å². The molecule has 4 rings (SSSR count). The molecule has 1 aliphatic rings. The summed E-state index contributed by atoms with van der Waals surface area (Å²) in [6, 6.07) is 6.05. The molecule has 26 heavy (non-hydrogen) atoms. The molecule has 0 spiro atoms. The van der Waals surface area contributed by atoms with Crippen molar-refractivity contribution in [1.82, 2.24) is 20.1 Å². The summed E-state index contributed by atoms with van der Waals surface area (Å²) in [5, 5.41) is 10.5. The molecule has 1 fully saturated rings. The molecule has 3 N–H and O–H groups in total. The van der Waals surface area contributed by atoms with Crippen LogP contribution in [0.4, 0.5) is 0 Å². The highest BCUT2D eigenvalue weighted by Gasteiger charge is 2.29. The minimum absolute atomic E-state index is 0.0587. The quantitative estimate of drug-likeness (QED) is 0.740. The minimum atomic E-state index is -0.0587. The number of amides is 1. The zero-order valence-corrected chi connectivity index (χ0v) is 15.8. The monoisotopic (exact) mass is 369 g/mol. The number of hydrogen-bond donors (Lipinski definition) is 2. The number of carbonyl (C=O) groups is 1. The van der Waals surface area contributed by atoms with Gasteiger partial charge in [0.2, 0.25) is 0 Å². The van der Waals surface area contributed by atoms with Gasteiger partial charge in [-0.25, -0.2) is 4.98 Å². The van der Waals surface area contributed by atoms with E-state index in [4.69, 9.17) is 10.7 Å². The molecule has 136 valence electrons. The van der Waals surface area contributed by atoms with Gasteiger partial charge in [0, 0.05) is 13.1 Å². The number of fused-ring (bicyclic) bond motifs is 1. The molecule has 2 unspecified atom stereocenters. The first-order valence-electron chi connectivity index (χ1n) is 8.97. The Balaban J connectivity index is 1.78. The lowest BCUT2D eigenvalue weighted by atomic mass is 10.0. The number of aromatic nitrogens is 3. The molecule has 3 aromatic heterocycles. The van der Waals surface area contributed by atoms with Gasteiger partial charge in [0.1, 0.15) is 0 Å². The second-order valence-electron chi connectivity index (χ2n) is 6.95. The largest absolute Gasteiger partial charge is 0.349 e. The van der Waals surface area contributed by atoms with E-state index in [0.717, 1.165) is 46.6 Å². The van der Waals surface area contributed by atoms with Gasteiger partial charge in [0.25, 0.3) is 5.91 Å². The molecule has 3 aromatic rings. The number of aryl methyl sites for hydroxylation is 2. The van der Waals surface area contributed by atoms with E-state index in [1.807, 2.05) is 37.6 Å². The third kappa shape index (κ3) is 2.91. The van der Waals surface area contributed by atoms with Gasteiger partial charge in [0.05, 0.1) is 27.2 Å². The average Bonchev–Trinajstić information content (AvgIpc) is 3.36. The minimum Gasteiger partial charge on any atom is -0.349 e. The second-order valence-corrected chi connectivity index (χ2v) is 7.89. The number of nitrogens with zero attached hydrogens (tertiary/aromatic N) is 3. The first-order valence-corrected chi connectivity index (χ1v) is 9.85. The van der Waals surface area contributed by atoms with Gasteiger partial charge in [-0.15, -0.1) is 11.3 Å². The highest BCUT2D eigenvalue weighted by molar-refractivity contribution is 7.13. The Morgan fingerprint density at radius 2 is 2.31 bits per heavy atom. The van der Waals surface area contributed by atoms with E-state index < -0.39 is 0 Å². The fourth-order valence-electron chi connectivity index (χ4n) is 3.93. The molecule has 0 bridgehead atoms. The molecule has 0 aromatic carbocycles. The number of carbonyl (C=O) groups excluding carboxylic acids is 1. The van der Waals surface area contributed by atoms with Crippen LogP contribution in [0.3, 0.4) is 0 Å². The Morgan fingerprint density at radius 3 is 3.04 bits per heavy atom. The van der Waals surface area contributed by atoms with Crippen molar-refractivity contribution in [3.63, 3.8) is 0 Å². The Hall–Kier alpha value is -2.25. The molecule has 0 aliphatic heterocycles. The van der Waals surface area contributed by atoms with E-state index in [9.17, 15) is 4.79 Å². The second kappa shape index (κ2) is 6.81. The van der Waals surface area contributed by atoms with E-state index in [2.05, 4.69) is 10.4 Å². The summed E-state index contributed by atoms with van der Waals surface area (Å²) in [5.41, 5.74) is 8.88. The SMILES string of the molecule is Cc1nn(C)c2nc(-c3cccs3)cc(C(=O)NC3CCCC3CN)c12. The highest BCUT2D eigenvalue weighted by atomic mass is 32.1. The summed E-state index contributed by atoms with van der Waals surface area (Å²) >= 11 is 1.61. The molecule has 1 saturated carbocycles. The van der Waals surface area contributed by atoms with Crippen LogP contribution in [0, 0.1) is 12.8 Å². The molecule has 3 heterocycles. The fourth-order valence-corrected chi connectivity index (χ4v) is 4.62. The van der Waals surface area contributed by atoms with Crippen LogP contribution in [0.15, 0.2) is 23.6 Å². The third-order valence-corrected chi connectivity index (χ3v) is 6.16. The Bertz CT molecular complexity index is 947. The van der Waals surface area contributed by atoms with Gasteiger partial charge in [-0.3, -0.25) is 9.48 Å². The van der Waals surface area contributed by atoms with Crippen molar-refractivity contribution < 1.29 is 4.79 Å². The summed E-state index contributed by atoms with van der Waals surface area (Å²) in [6.07, 6.45) is 3.19. The molecule has 2 atom stereocenters. The predicted molar refractivity (Wildman–Crippen MR) is 104 cm³/mol. The topological polar surface area (TPSA) is 85.8 Å². The van der Waals surface area contributed by atoms with Crippen molar-refractivity contribution >= 4 is 28.3 Å². The van der Waals surface area contributed by atoms with E-state index in [1.54, 1.807) is 16.0 Å². The summed E-state index contributed by atoms with van der Waals surface area (Å²) in [7, 11) is 1.86. The molecule has 7 heteroatoms. The van der Waals surface area contributed by atoms with Gasteiger partial charge in [-0.2, -0.15) is 5.10 Å². The standard InChI is InChI=1S/C19H23N5OS/c1-11-17-13(19(25)22-14-6-3-5-12(14)10-20)9-15(16-7-4-8-26-16)21-18(17)24(2)23-11/h4,7-9,12,14H,3,5-6,10,20H2,1-2H3,(H,22,25). The first-order chi connectivity index (χ1) is 12.6. The van der Waals surface area contributed by atoms with E-state index in [0.29, 0.717) is 18.0 Å². The van der Waals surface area contributed by atoms with Crippen LogP contribution >= 0.6 is 11.3 Å². The molecule has 1 amide bonds. The maximum Gasteiger partial charge on any atom is 0.252 e. The van der Waals surface area contributed by atoms with E-state index in [-0.39, 0.29) is 11.9 Å². The van der Waals surface area contributed by atoms with Crippen molar-refractivity contribution in [2.75, 3.05) is 6.54 Å². The van der Waals surface area contributed by atoms with Gasteiger partial charge in [-0.05, 0) is 49.7 Å². The van der Waals surface area contributed by atoms with Gasteiger partial charge < -0.3 is 11.1 Å². The van der Waals surface area contributed by atoms with Crippen LogP contribution in [-0.4, -0.2) is 33.3 Å². The molecule has 0 saturated heterocycles. The number of nitrogens with one attached hydrogen (secondary N) is 1. The number of hydrogen-bond acceptors (Lipinski definition) is 5. The maximum atomic E-state index is 13.1. The van der Waals surface area contributed by atoms with Gasteiger partial charge in [-0.1, -0.05) is 12.5 Å². The zero-order chi connectivity index (χ0) is 18.3. The molecular weight excluding hydrogens is 346 g/mol. The maximum absolute atomic E-state index is 13.1. The number of pyridine rings is 1. The van der Waals surface area contributed by atoms with Crippen molar-refractivity contribution in [3.05, 3.63) is 34.8 Å². The highest BCUT2D eigenvalue weighted by Crippen LogP contribution is 2.30. The third-order valence-electron chi connectivity index (χ3n) is 5.27. The number of rotatable bonds is 4. The molecule has 6 nitrogen and oxygen atoms in total. The lowest BCUT2D eigenvalue weighted by molar-refractivity contribution is 0.0930. The summed E-state index contributed by atoms with van der Waals surface area (Å²) in [5.74, 6) is 0.305. The molecular formula is C19H23N5OS. The van der Waals surface area contributed by atoms with Crippen LogP contribution in [0.5, 0.6) is 0 Å². The van der Waals surface area contributed by atoms with Crippen LogP contribution < -0.4 is 11.1 Å². The fraction of sp³-hybridized carbons (Fsp3) is 0.421. The van der Waals surface area contributed by atoms with Gasteiger partial charge in [0.15, 0.2) is 5.65 Å². The zero-order valence-electron chi connectivity index (χ0n) is 15.0. The van der Waals surface area contributed by atoms with Crippen molar-refractivity contribution in [2.45, 2.75) is 32.2 Å². The van der Waals surface area contributed by atoms with Crippen LogP contribution in [0.2, 0.25) is 0 Å².